The van der Waals surface area contributed by atoms with Crippen molar-refractivity contribution in [2.75, 3.05) is 31.1 Å². The number of aromatic nitrogens is 3. The molecule has 162 valence electrons. The number of carbonyl (C=O) groups is 1. The number of halogens is 1. The van der Waals surface area contributed by atoms with E-state index in [0.29, 0.717) is 25.2 Å². The molecule has 1 saturated heterocycles. The van der Waals surface area contributed by atoms with Crippen LogP contribution in [0.5, 0.6) is 0 Å². The maximum Gasteiger partial charge on any atom is 0.253 e. The third kappa shape index (κ3) is 3.75. The Kier molecular flexibility index (Phi) is 4.68. The molecule has 1 aliphatic heterocycles. The first kappa shape index (κ1) is 20.2. The number of primary sulfonamides is 1. The Balaban J connectivity index is 1.42. The van der Waals surface area contributed by atoms with Crippen molar-refractivity contribution in [3.63, 3.8) is 0 Å². The molecule has 3 aromatic rings. The van der Waals surface area contributed by atoms with E-state index in [1.54, 1.807) is 6.33 Å². The molecule has 1 aromatic carbocycles. The number of fused-ring (bicyclic) bond motifs is 1. The van der Waals surface area contributed by atoms with Crippen LogP contribution in [-0.2, 0) is 10.0 Å². The van der Waals surface area contributed by atoms with Crippen molar-refractivity contribution in [1.82, 2.24) is 19.9 Å². The highest BCUT2D eigenvalue weighted by molar-refractivity contribution is 7.89. The molecular weight excluding hydrogens is 440 g/mol. The van der Waals surface area contributed by atoms with Gasteiger partial charge in [-0.2, -0.15) is 0 Å². The predicted molar refractivity (Wildman–Crippen MR) is 116 cm³/mol. The van der Waals surface area contributed by atoms with Crippen LogP contribution in [0.1, 0.15) is 23.2 Å². The van der Waals surface area contributed by atoms with Gasteiger partial charge in [-0.15, -0.1) is 0 Å². The summed E-state index contributed by atoms with van der Waals surface area (Å²) in [6, 6.07) is 6.09. The molecule has 9 nitrogen and oxygen atoms in total. The number of H-pyrrole nitrogens is 1. The van der Waals surface area contributed by atoms with E-state index in [1.165, 1.54) is 18.2 Å². The van der Waals surface area contributed by atoms with E-state index in [4.69, 9.17) is 16.7 Å². The number of hydrogen-bond donors (Lipinski definition) is 2. The molecule has 2 aliphatic rings. The molecule has 2 fully saturated rings. The van der Waals surface area contributed by atoms with Crippen molar-refractivity contribution < 1.29 is 13.2 Å². The van der Waals surface area contributed by atoms with Gasteiger partial charge in [0.15, 0.2) is 0 Å². The number of hydrogen-bond acceptors (Lipinski definition) is 6. The average Bonchev–Trinajstić information content (AvgIpc) is 3.36. The lowest BCUT2D eigenvalue weighted by atomic mass is 10.1. The van der Waals surface area contributed by atoms with E-state index in [2.05, 4.69) is 19.9 Å². The highest BCUT2D eigenvalue weighted by Gasteiger charge is 2.48. The lowest BCUT2D eigenvalue weighted by Gasteiger charge is -2.25. The summed E-state index contributed by atoms with van der Waals surface area (Å²) in [7, 11) is -3.94. The zero-order valence-corrected chi connectivity index (χ0v) is 18.2. The Bertz CT molecular complexity index is 1290. The minimum Gasteiger partial charge on any atom is -0.354 e. The summed E-state index contributed by atoms with van der Waals surface area (Å²) in [5.74, 6) is 0.692. The van der Waals surface area contributed by atoms with Crippen molar-refractivity contribution in [3.05, 3.63) is 47.4 Å². The molecule has 3 heterocycles. The molecule has 0 radical (unpaired) electrons. The van der Waals surface area contributed by atoms with Crippen molar-refractivity contribution in [2.45, 2.75) is 17.7 Å². The second-order valence-electron chi connectivity index (χ2n) is 8.28. The quantitative estimate of drug-likeness (QED) is 0.615. The van der Waals surface area contributed by atoms with Crippen molar-refractivity contribution in [2.24, 2.45) is 10.6 Å². The standard InChI is InChI=1S/C20H21ClN6O3S/c21-15-9-13(1-2-16(15)31(22,29)30)19(28)27-8-7-26(10-20(11-27)4-5-20)18-14-3-6-23-17(14)24-12-25-18/h1-3,6,9,12H,4-5,7-8,10-11H2,(H2,22,29,30)(H,23,24,25). The van der Waals surface area contributed by atoms with Crippen LogP contribution in [0.2, 0.25) is 5.02 Å². The molecule has 3 N–H and O–H groups in total. The Morgan fingerprint density at radius 3 is 2.68 bits per heavy atom. The van der Waals surface area contributed by atoms with Crippen molar-refractivity contribution in [3.8, 4) is 0 Å². The first-order chi connectivity index (χ1) is 14.8. The Morgan fingerprint density at radius 2 is 1.97 bits per heavy atom. The van der Waals surface area contributed by atoms with E-state index in [1.807, 2.05) is 17.2 Å². The number of benzene rings is 1. The van der Waals surface area contributed by atoms with Crippen LogP contribution in [0.3, 0.4) is 0 Å². The largest absolute Gasteiger partial charge is 0.354 e. The van der Waals surface area contributed by atoms with Gasteiger partial charge in [0.1, 0.15) is 22.7 Å². The lowest BCUT2D eigenvalue weighted by molar-refractivity contribution is 0.0740. The van der Waals surface area contributed by atoms with Gasteiger partial charge < -0.3 is 14.8 Å². The number of nitrogens with two attached hydrogens (primary N) is 1. The number of aromatic amines is 1. The van der Waals surface area contributed by atoms with Crippen molar-refractivity contribution >= 4 is 44.4 Å². The zero-order valence-electron chi connectivity index (χ0n) is 16.6. The molecule has 0 unspecified atom stereocenters. The highest BCUT2D eigenvalue weighted by atomic mass is 35.5. The molecule has 31 heavy (non-hydrogen) atoms. The molecule has 5 rings (SSSR count). The summed E-state index contributed by atoms with van der Waals surface area (Å²) in [5, 5.41) is 6.08. The molecule has 2 aromatic heterocycles. The number of rotatable bonds is 3. The molecule has 1 aliphatic carbocycles. The molecule has 11 heteroatoms. The summed E-state index contributed by atoms with van der Waals surface area (Å²) in [6.07, 6.45) is 5.48. The fraction of sp³-hybridized carbons (Fsp3) is 0.350. The second-order valence-corrected chi connectivity index (χ2v) is 10.2. The Hall–Kier alpha value is -2.69. The molecule has 1 saturated carbocycles. The summed E-state index contributed by atoms with van der Waals surface area (Å²) < 4.78 is 23.2. The molecule has 0 atom stereocenters. The van der Waals surface area contributed by atoms with E-state index in [-0.39, 0.29) is 21.2 Å². The van der Waals surface area contributed by atoms with E-state index >= 15 is 0 Å². The fourth-order valence-electron chi connectivity index (χ4n) is 4.26. The van der Waals surface area contributed by atoms with E-state index < -0.39 is 10.0 Å². The van der Waals surface area contributed by atoms with Crippen LogP contribution in [0.15, 0.2) is 41.7 Å². The van der Waals surface area contributed by atoms with Crippen LogP contribution < -0.4 is 10.0 Å². The van der Waals surface area contributed by atoms with Gasteiger partial charge in [-0.3, -0.25) is 4.79 Å². The third-order valence-electron chi connectivity index (χ3n) is 6.05. The van der Waals surface area contributed by atoms with Crippen LogP contribution in [-0.4, -0.2) is 60.4 Å². The molecule has 1 amide bonds. The maximum absolute atomic E-state index is 13.2. The second kappa shape index (κ2) is 7.18. The average molecular weight is 461 g/mol. The minimum absolute atomic E-state index is 0.0318. The van der Waals surface area contributed by atoms with Gasteiger partial charge >= 0.3 is 0 Å². The summed E-state index contributed by atoms with van der Waals surface area (Å²) in [6.45, 7) is 2.61. The molecular formula is C20H21ClN6O3S. The number of carbonyl (C=O) groups excluding carboxylic acids is 1. The monoisotopic (exact) mass is 460 g/mol. The number of anilines is 1. The maximum atomic E-state index is 13.2. The summed E-state index contributed by atoms with van der Waals surface area (Å²) in [5.41, 5.74) is 1.16. The van der Waals surface area contributed by atoms with Crippen molar-refractivity contribution in [1.29, 1.82) is 0 Å². The number of nitrogens with zero attached hydrogens (tertiary/aromatic N) is 4. The van der Waals surface area contributed by atoms with Crippen LogP contribution >= 0.6 is 11.6 Å². The number of nitrogens with one attached hydrogen (secondary N) is 1. The Morgan fingerprint density at radius 1 is 1.16 bits per heavy atom. The van der Waals surface area contributed by atoms with Gasteiger partial charge in [0.05, 0.1) is 10.4 Å². The minimum atomic E-state index is -3.94. The number of amides is 1. The highest BCUT2D eigenvalue weighted by Crippen LogP contribution is 2.48. The third-order valence-corrected chi connectivity index (χ3v) is 7.45. The van der Waals surface area contributed by atoms with Gasteiger partial charge in [0.2, 0.25) is 10.0 Å². The molecule has 0 bridgehead atoms. The fourth-order valence-corrected chi connectivity index (χ4v) is 5.36. The summed E-state index contributed by atoms with van der Waals surface area (Å²) in [4.78, 5) is 29.0. The Labute approximate surface area is 184 Å². The number of sulfonamides is 1. The van der Waals surface area contributed by atoms with E-state index in [0.717, 1.165) is 36.2 Å². The van der Waals surface area contributed by atoms with Gasteiger partial charge in [-0.25, -0.2) is 23.5 Å². The van der Waals surface area contributed by atoms with Gasteiger partial charge in [0, 0.05) is 43.4 Å². The normalized spacial score (nSPS) is 18.4. The van der Waals surface area contributed by atoms with Gasteiger partial charge in [0.25, 0.3) is 5.91 Å². The predicted octanol–water partition coefficient (Wildman–Crippen LogP) is 2.00. The SMILES string of the molecule is NS(=O)(=O)c1ccc(C(=O)N2CCN(c3ncnc4[nH]ccc34)CC3(CC3)C2)cc1Cl. The van der Waals surface area contributed by atoms with Gasteiger partial charge in [-0.1, -0.05) is 11.6 Å². The smallest absolute Gasteiger partial charge is 0.253 e. The van der Waals surface area contributed by atoms with Crippen LogP contribution in [0.4, 0.5) is 5.82 Å². The zero-order chi connectivity index (χ0) is 21.8. The van der Waals surface area contributed by atoms with Gasteiger partial charge in [-0.05, 0) is 37.1 Å². The topological polar surface area (TPSA) is 125 Å². The summed E-state index contributed by atoms with van der Waals surface area (Å²) >= 11 is 6.09. The van der Waals surface area contributed by atoms with Crippen LogP contribution in [0, 0.1) is 5.41 Å². The molecule has 1 spiro atoms. The van der Waals surface area contributed by atoms with E-state index in [9.17, 15) is 13.2 Å². The lowest BCUT2D eigenvalue weighted by Crippen LogP contribution is -2.36. The van der Waals surface area contributed by atoms with Crippen LogP contribution in [0.25, 0.3) is 11.0 Å². The first-order valence-electron chi connectivity index (χ1n) is 9.90. The first-order valence-corrected chi connectivity index (χ1v) is 11.8.